The van der Waals surface area contributed by atoms with Crippen LogP contribution in [0.4, 0.5) is 0 Å². The van der Waals surface area contributed by atoms with Crippen LogP contribution in [0.25, 0.3) is 0 Å². The van der Waals surface area contributed by atoms with Crippen molar-refractivity contribution in [3.63, 3.8) is 0 Å². The minimum atomic E-state index is -0.435. The van der Waals surface area contributed by atoms with Gasteiger partial charge in [0.05, 0.1) is 18.2 Å². The van der Waals surface area contributed by atoms with E-state index in [4.69, 9.17) is 17.0 Å². The fraction of sp³-hybridized carbons (Fsp3) is 0.286. The molecule has 0 aromatic heterocycles. The minimum Gasteiger partial charge on any atom is -0.508 e. The first-order valence-electron chi connectivity index (χ1n) is 6.27. The van der Waals surface area contributed by atoms with Gasteiger partial charge in [-0.25, -0.2) is 4.79 Å². The van der Waals surface area contributed by atoms with Gasteiger partial charge in [-0.2, -0.15) is 0 Å². The van der Waals surface area contributed by atoms with Crippen LogP contribution in [-0.4, -0.2) is 22.8 Å². The lowest BCUT2D eigenvalue weighted by molar-refractivity contribution is -0.139. The van der Waals surface area contributed by atoms with Crippen LogP contribution in [0.15, 0.2) is 35.5 Å². The molecule has 0 fully saturated rings. The van der Waals surface area contributed by atoms with Crippen LogP contribution in [0.2, 0.25) is 0 Å². The van der Waals surface area contributed by atoms with Gasteiger partial charge in [-0.1, -0.05) is 12.1 Å². The highest BCUT2D eigenvalue weighted by Gasteiger charge is 2.30. The highest BCUT2D eigenvalue weighted by molar-refractivity contribution is 7.80. The number of esters is 1. The molecule has 1 atom stereocenters. The number of hydrogen-bond acceptors (Lipinski definition) is 4. The van der Waals surface area contributed by atoms with E-state index in [0.717, 1.165) is 5.56 Å². The second-order valence-electron chi connectivity index (χ2n) is 4.39. The Balaban J connectivity index is 2.44. The minimum absolute atomic E-state index is 0.134. The fourth-order valence-corrected chi connectivity index (χ4v) is 2.40. The molecule has 0 saturated carbocycles. The Morgan fingerprint density at radius 3 is 2.90 bits per heavy atom. The van der Waals surface area contributed by atoms with E-state index in [-0.39, 0.29) is 5.75 Å². The van der Waals surface area contributed by atoms with Gasteiger partial charge in [0.2, 0.25) is 0 Å². The maximum absolute atomic E-state index is 12.1. The number of ether oxygens (including phenoxy) is 1. The van der Waals surface area contributed by atoms with Gasteiger partial charge < -0.3 is 20.5 Å². The first kappa shape index (κ1) is 14.3. The number of benzene rings is 1. The smallest absolute Gasteiger partial charge is 0.338 e. The van der Waals surface area contributed by atoms with E-state index in [1.54, 1.807) is 32.0 Å². The maximum Gasteiger partial charge on any atom is 0.338 e. The molecule has 20 heavy (non-hydrogen) atoms. The van der Waals surface area contributed by atoms with E-state index >= 15 is 0 Å². The molecule has 0 bridgehead atoms. The average molecular weight is 292 g/mol. The summed E-state index contributed by atoms with van der Waals surface area (Å²) < 4.78 is 5.09. The Labute approximate surface area is 122 Å². The summed E-state index contributed by atoms with van der Waals surface area (Å²) in [6.07, 6.45) is 0. The summed E-state index contributed by atoms with van der Waals surface area (Å²) in [5.41, 5.74) is 1.86. The summed E-state index contributed by atoms with van der Waals surface area (Å²) >= 11 is 5.13. The number of aromatic hydroxyl groups is 1. The average Bonchev–Trinajstić information content (AvgIpc) is 2.37. The summed E-state index contributed by atoms with van der Waals surface area (Å²) in [7, 11) is 0. The van der Waals surface area contributed by atoms with Gasteiger partial charge in [-0.05, 0) is 43.8 Å². The predicted octanol–water partition coefficient (Wildman–Crippen LogP) is 1.75. The topological polar surface area (TPSA) is 70.6 Å². The predicted molar refractivity (Wildman–Crippen MR) is 79.1 cm³/mol. The first-order chi connectivity index (χ1) is 9.52. The molecule has 0 unspecified atom stereocenters. The Morgan fingerprint density at radius 1 is 1.50 bits per heavy atom. The number of phenols is 1. The highest BCUT2D eigenvalue weighted by Crippen LogP contribution is 2.29. The molecule has 0 radical (unpaired) electrons. The third-order valence-corrected chi connectivity index (χ3v) is 3.19. The quantitative estimate of drug-likeness (QED) is 0.582. The molecule has 0 amide bonds. The summed E-state index contributed by atoms with van der Waals surface area (Å²) in [5.74, 6) is -0.268. The lowest BCUT2D eigenvalue weighted by Gasteiger charge is -2.29. The number of phenolic OH excluding ortho intramolecular Hbond substituents is 1. The van der Waals surface area contributed by atoms with Gasteiger partial charge >= 0.3 is 5.97 Å². The number of allylic oxidation sites excluding steroid dienone is 1. The lowest BCUT2D eigenvalue weighted by atomic mass is 9.95. The van der Waals surface area contributed by atoms with Crippen molar-refractivity contribution in [2.45, 2.75) is 19.9 Å². The molecular formula is C14H16N2O3S. The number of thiocarbonyl (C=S) groups is 1. The molecule has 0 saturated heterocycles. The third kappa shape index (κ3) is 2.91. The zero-order valence-electron chi connectivity index (χ0n) is 11.3. The fourth-order valence-electron chi connectivity index (χ4n) is 2.13. The van der Waals surface area contributed by atoms with Crippen molar-refractivity contribution in [3.05, 3.63) is 41.1 Å². The molecule has 6 heteroatoms. The third-order valence-electron chi connectivity index (χ3n) is 2.97. The SMILES string of the molecule is CCOC(=O)C1=C(C)NC(=S)N[C@@H]1c1cccc(O)c1. The van der Waals surface area contributed by atoms with Crippen molar-refractivity contribution < 1.29 is 14.6 Å². The van der Waals surface area contributed by atoms with Crippen LogP contribution < -0.4 is 10.6 Å². The molecule has 1 aromatic rings. The van der Waals surface area contributed by atoms with Gasteiger partial charge in [0, 0.05) is 5.70 Å². The van der Waals surface area contributed by atoms with Crippen LogP contribution in [0.1, 0.15) is 25.5 Å². The molecule has 1 aromatic carbocycles. The summed E-state index contributed by atoms with van der Waals surface area (Å²) in [6, 6.07) is 6.27. The zero-order valence-corrected chi connectivity index (χ0v) is 12.1. The second-order valence-corrected chi connectivity index (χ2v) is 4.79. The van der Waals surface area contributed by atoms with Gasteiger partial charge in [0.1, 0.15) is 5.75 Å². The number of hydrogen-bond donors (Lipinski definition) is 3. The van der Waals surface area contributed by atoms with E-state index in [0.29, 0.717) is 23.0 Å². The molecule has 0 spiro atoms. The summed E-state index contributed by atoms with van der Waals surface area (Å²) in [5, 5.41) is 16.0. The van der Waals surface area contributed by atoms with Crippen LogP contribution in [0.5, 0.6) is 5.75 Å². The Bertz CT molecular complexity index is 584. The molecule has 1 aliphatic heterocycles. The van der Waals surface area contributed by atoms with E-state index in [1.807, 2.05) is 6.07 Å². The number of rotatable bonds is 3. The molecule has 5 nitrogen and oxygen atoms in total. The van der Waals surface area contributed by atoms with Crippen LogP contribution in [0.3, 0.4) is 0 Å². The van der Waals surface area contributed by atoms with Gasteiger partial charge in [0.15, 0.2) is 5.11 Å². The van der Waals surface area contributed by atoms with Crippen molar-refractivity contribution in [2.75, 3.05) is 6.61 Å². The van der Waals surface area contributed by atoms with Gasteiger partial charge in [-0.3, -0.25) is 0 Å². The largest absolute Gasteiger partial charge is 0.508 e. The standard InChI is InChI=1S/C14H16N2O3S/c1-3-19-13(18)11-8(2)15-14(20)16-12(11)9-5-4-6-10(17)7-9/h4-7,12,17H,3H2,1-2H3,(H2,15,16,20)/t12-/m1/s1. The van der Waals surface area contributed by atoms with Crippen LogP contribution in [-0.2, 0) is 9.53 Å². The van der Waals surface area contributed by atoms with E-state index in [1.165, 1.54) is 0 Å². The van der Waals surface area contributed by atoms with Crippen molar-refractivity contribution in [2.24, 2.45) is 0 Å². The van der Waals surface area contributed by atoms with Crippen LogP contribution >= 0.6 is 12.2 Å². The van der Waals surface area contributed by atoms with Crippen molar-refractivity contribution in [3.8, 4) is 5.75 Å². The number of nitrogens with one attached hydrogen (secondary N) is 2. The first-order valence-corrected chi connectivity index (χ1v) is 6.68. The molecule has 0 aliphatic carbocycles. The molecular weight excluding hydrogens is 276 g/mol. The van der Waals surface area contributed by atoms with Gasteiger partial charge in [0.25, 0.3) is 0 Å². The molecule has 106 valence electrons. The normalized spacial score (nSPS) is 18.3. The van der Waals surface area contributed by atoms with E-state index in [2.05, 4.69) is 10.6 Å². The molecule has 1 aliphatic rings. The maximum atomic E-state index is 12.1. The lowest BCUT2D eigenvalue weighted by Crippen LogP contribution is -2.45. The van der Waals surface area contributed by atoms with Crippen molar-refractivity contribution >= 4 is 23.3 Å². The van der Waals surface area contributed by atoms with Gasteiger partial charge in [-0.15, -0.1) is 0 Å². The Kier molecular flexibility index (Phi) is 4.24. The molecule has 2 rings (SSSR count). The number of carbonyl (C=O) groups excluding carboxylic acids is 1. The Morgan fingerprint density at radius 2 is 2.25 bits per heavy atom. The van der Waals surface area contributed by atoms with E-state index in [9.17, 15) is 9.90 Å². The van der Waals surface area contributed by atoms with Crippen molar-refractivity contribution in [1.29, 1.82) is 0 Å². The summed E-state index contributed by atoms with van der Waals surface area (Å²) in [4.78, 5) is 12.1. The summed E-state index contributed by atoms with van der Waals surface area (Å²) in [6.45, 7) is 3.83. The van der Waals surface area contributed by atoms with Crippen molar-refractivity contribution in [1.82, 2.24) is 10.6 Å². The molecule has 3 N–H and O–H groups in total. The number of carbonyl (C=O) groups is 1. The second kappa shape index (κ2) is 5.92. The monoisotopic (exact) mass is 292 g/mol. The highest BCUT2D eigenvalue weighted by atomic mass is 32.1. The zero-order chi connectivity index (χ0) is 14.7. The Hall–Kier alpha value is -2.08. The molecule has 1 heterocycles. The van der Waals surface area contributed by atoms with Crippen LogP contribution in [0, 0.1) is 0 Å². The van der Waals surface area contributed by atoms with E-state index < -0.39 is 12.0 Å².